The van der Waals surface area contributed by atoms with Crippen molar-refractivity contribution in [3.8, 4) is 0 Å². The molecule has 1 fully saturated rings. The van der Waals surface area contributed by atoms with E-state index in [1.54, 1.807) is 6.92 Å². The van der Waals surface area contributed by atoms with Gasteiger partial charge < -0.3 is 15.6 Å². The number of carbonyl (C=O) groups is 1. The third kappa shape index (κ3) is 2.70. The third-order valence-corrected chi connectivity index (χ3v) is 2.29. The van der Waals surface area contributed by atoms with Crippen LogP contribution in [0.5, 0.6) is 0 Å². The van der Waals surface area contributed by atoms with E-state index < -0.39 is 11.7 Å². The van der Waals surface area contributed by atoms with Gasteiger partial charge in [-0.2, -0.15) is 0 Å². The summed E-state index contributed by atoms with van der Waals surface area (Å²) in [5.74, 6) is 0. The van der Waals surface area contributed by atoms with E-state index in [0.717, 1.165) is 0 Å². The van der Waals surface area contributed by atoms with Gasteiger partial charge in [-0.25, -0.2) is 4.79 Å². The summed E-state index contributed by atoms with van der Waals surface area (Å²) >= 11 is 0. The fourth-order valence-electron chi connectivity index (χ4n) is 1.50. The van der Waals surface area contributed by atoms with Crippen molar-refractivity contribution in [3.05, 3.63) is 0 Å². The Kier molecular flexibility index (Phi) is 2.57. The second-order valence-electron chi connectivity index (χ2n) is 3.63. The molecule has 0 spiro atoms. The van der Waals surface area contributed by atoms with Crippen molar-refractivity contribution < 1.29 is 14.6 Å². The molecule has 0 unspecified atom stereocenters. The summed E-state index contributed by atoms with van der Waals surface area (Å²) in [7, 11) is 0. The molecule has 4 nitrogen and oxygen atoms in total. The maximum atomic E-state index is 10.4. The van der Waals surface area contributed by atoms with Crippen molar-refractivity contribution >= 4 is 6.09 Å². The van der Waals surface area contributed by atoms with Gasteiger partial charge in [-0.3, -0.25) is 0 Å². The van der Waals surface area contributed by atoms with Crippen LogP contribution >= 0.6 is 0 Å². The Balaban J connectivity index is 2.31. The normalized spacial score (nSPS) is 36.0. The van der Waals surface area contributed by atoms with E-state index in [1.165, 1.54) is 0 Å². The van der Waals surface area contributed by atoms with Crippen molar-refractivity contribution in [2.45, 2.75) is 44.3 Å². The summed E-state index contributed by atoms with van der Waals surface area (Å²) in [5.41, 5.74) is 4.28. The molecule has 1 amide bonds. The Morgan fingerprint density at radius 2 is 2.08 bits per heavy atom. The molecule has 12 heavy (non-hydrogen) atoms. The predicted octanol–water partition coefficient (Wildman–Crippen LogP) is 0.775. The molecule has 0 aromatic rings. The molecule has 0 bridgehead atoms. The average molecular weight is 173 g/mol. The van der Waals surface area contributed by atoms with Gasteiger partial charge in [0.05, 0.1) is 5.60 Å². The summed E-state index contributed by atoms with van der Waals surface area (Å²) in [4.78, 5) is 10.4. The van der Waals surface area contributed by atoms with Gasteiger partial charge in [0.25, 0.3) is 0 Å². The lowest BCUT2D eigenvalue weighted by Crippen LogP contribution is -2.35. The van der Waals surface area contributed by atoms with Crippen molar-refractivity contribution in [2.75, 3.05) is 0 Å². The molecular weight excluding hydrogens is 158 g/mol. The van der Waals surface area contributed by atoms with Crippen LogP contribution in [0.1, 0.15) is 32.6 Å². The number of hydrogen-bond acceptors (Lipinski definition) is 3. The van der Waals surface area contributed by atoms with E-state index in [-0.39, 0.29) is 6.10 Å². The molecule has 1 saturated carbocycles. The van der Waals surface area contributed by atoms with E-state index in [9.17, 15) is 9.90 Å². The van der Waals surface area contributed by atoms with Gasteiger partial charge >= 0.3 is 6.09 Å². The Hall–Kier alpha value is -0.770. The van der Waals surface area contributed by atoms with Gasteiger partial charge in [-0.05, 0) is 32.6 Å². The summed E-state index contributed by atoms with van der Waals surface area (Å²) in [6.07, 6.45) is 1.94. The molecule has 0 aromatic carbocycles. The van der Waals surface area contributed by atoms with E-state index in [4.69, 9.17) is 10.5 Å². The van der Waals surface area contributed by atoms with E-state index in [0.29, 0.717) is 25.7 Å². The highest BCUT2D eigenvalue weighted by Gasteiger charge is 2.29. The number of amides is 1. The van der Waals surface area contributed by atoms with Gasteiger partial charge in [0.15, 0.2) is 0 Å². The lowest BCUT2D eigenvalue weighted by Gasteiger charge is -2.32. The number of primary amides is 1. The molecule has 1 aliphatic rings. The first-order valence-corrected chi connectivity index (χ1v) is 4.18. The number of nitrogens with two attached hydrogens (primary N) is 1. The van der Waals surface area contributed by atoms with Crippen LogP contribution < -0.4 is 5.73 Å². The first kappa shape index (κ1) is 9.32. The van der Waals surface area contributed by atoms with Gasteiger partial charge in [0.1, 0.15) is 6.10 Å². The quantitative estimate of drug-likeness (QED) is 0.615. The van der Waals surface area contributed by atoms with Crippen LogP contribution in [-0.2, 0) is 4.74 Å². The largest absolute Gasteiger partial charge is 0.446 e. The van der Waals surface area contributed by atoms with Gasteiger partial charge in [0.2, 0.25) is 0 Å². The predicted molar refractivity (Wildman–Crippen MR) is 43.5 cm³/mol. The standard InChI is InChI=1S/C8H15NO3/c1-8(11)4-2-6(3-5-8)12-7(9)10/h6,11H,2-5H2,1H3,(H2,9,10). The molecule has 1 rings (SSSR count). The number of carbonyl (C=O) groups excluding carboxylic acids is 1. The second kappa shape index (κ2) is 3.31. The smallest absolute Gasteiger partial charge is 0.404 e. The van der Waals surface area contributed by atoms with Crippen LogP contribution in [-0.4, -0.2) is 22.9 Å². The monoisotopic (exact) mass is 173 g/mol. The van der Waals surface area contributed by atoms with Crippen LogP contribution in [0.15, 0.2) is 0 Å². The van der Waals surface area contributed by atoms with Crippen LogP contribution in [0.4, 0.5) is 4.79 Å². The van der Waals surface area contributed by atoms with Crippen LogP contribution in [0.2, 0.25) is 0 Å². The van der Waals surface area contributed by atoms with Crippen molar-refractivity contribution in [3.63, 3.8) is 0 Å². The first-order valence-electron chi connectivity index (χ1n) is 4.18. The lowest BCUT2D eigenvalue weighted by atomic mass is 9.85. The first-order chi connectivity index (χ1) is 5.49. The molecule has 0 heterocycles. The van der Waals surface area contributed by atoms with Gasteiger partial charge in [-0.15, -0.1) is 0 Å². The minimum absolute atomic E-state index is 0.0947. The zero-order valence-corrected chi connectivity index (χ0v) is 7.25. The fourth-order valence-corrected chi connectivity index (χ4v) is 1.50. The maximum Gasteiger partial charge on any atom is 0.404 e. The van der Waals surface area contributed by atoms with E-state index >= 15 is 0 Å². The lowest BCUT2D eigenvalue weighted by molar-refractivity contribution is -0.0218. The molecule has 0 aromatic heterocycles. The molecule has 0 atom stereocenters. The maximum absolute atomic E-state index is 10.4. The Labute approximate surface area is 71.7 Å². The van der Waals surface area contributed by atoms with Crippen LogP contribution in [0, 0.1) is 0 Å². The number of hydrogen-bond donors (Lipinski definition) is 2. The van der Waals surface area contributed by atoms with Crippen LogP contribution in [0.3, 0.4) is 0 Å². The molecule has 0 radical (unpaired) electrons. The molecule has 4 heteroatoms. The zero-order valence-electron chi connectivity index (χ0n) is 7.25. The fraction of sp³-hybridized carbons (Fsp3) is 0.875. The highest BCUT2D eigenvalue weighted by molar-refractivity contribution is 5.64. The van der Waals surface area contributed by atoms with Crippen molar-refractivity contribution in [2.24, 2.45) is 5.73 Å². The molecular formula is C8H15NO3. The molecule has 3 N–H and O–H groups in total. The van der Waals surface area contributed by atoms with E-state index in [2.05, 4.69) is 0 Å². The van der Waals surface area contributed by atoms with Gasteiger partial charge in [0, 0.05) is 0 Å². The molecule has 0 aliphatic heterocycles. The zero-order chi connectivity index (χ0) is 9.19. The Morgan fingerprint density at radius 1 is 1.58 bits per heavy atom. The average Bonchev–Trinajstić information content (AvgIpc) is 1.93. The topological polar surface area (TPSA) is 72.6 Å². The van der Waals surface area contributed by atoms with Gasteiger partial charge in [-0.1, -0.05) is 0 Å². The summed E-state index contributed by atoms with van der Waals surface area (Å²) in [6.45, 7) is 1.80. The molecule has 1 aliphatic carbocycles. The highest BCUT2D eigenvalue weighted by atomic mass is 16.6. The summed E-state index contributed by atoms with van der Waals surface area (Å²) < 4.78 is 4.81. The second-order valence-corrected chi connectivity index (χ2v) is 3.63. The molecule has 0 saturated heterocycles. The van der Waals surface area contributed by atoms with Crippen molar-refractivity contribution in [1.82, 2.24) is 0 Å². The summed E-state index contributed by atoms with van der Waals surface area (Å²) in [5, 5.41) is 9.55. The van der Waals surface area contributed by atoms with Crippen LogP contribution in [0.25, 0.3) is 0 Å². The third-order valence-electron chi connectivity index (χ3n) is 2.29. The number of rotatable bonds is 1. The number of aliphatic hydroxyl groups is 1. The molecule has 70 valence electrons. The minimum Gasteiger partial charge on any atom is -0.446 e. The Morgan fingerprint density at radius 3 is 2.50 bits per heavy atom. The van der Waals surface area contributed by atoms with Crippen molar-refractivity contribution in [1.29, 1.82) is 0 Å². The summed E-state index contributed by atoms with van der Waals surface area (Å²) in [6, 6.07) is 0. The number of ether oxygens (including phenoxy) is 1. The minimum atomic E-state index is -0.721. The highest BCUT2D eigenvalue weighted by Crippen LogP contribution is 2.28. The SMILES string of the molecule is CC1(O)CCC(OC(N)=O)CC1. The van der Waals surface area contributed by atoms with E-state index in [1.807, 2.05) is 0 Å². The Bertz CT molecular complexity index is 169.